The van der Waals surface area contributed by atoms with Gasteiger partial charge in [-0.15, -0.1) is 0 Å². The van der Waals surface area contributed by atoms with Gasteiger partial charge in [0.25, 0.3) is 0 Å². The number of carbonyl (C=O) groups is 1. The van der Waals surface area contributed by atoms with Crippen LogP contribution in [0.5, 0.6) is 0 Å². The van der Waals surface area contributed by atoms with E-state index in [0.29, 0.717) is 25.7 Å². The molecule has 0 amide bonds. The molecular formula is C22H34F8O4. The van der Waals surface area contributed by atoms with Crippen molar-refractivity contribution in [3.8, 4) is 0 Å². The lowest BCUT2D eigenvalue weighted by Gasteiger charge is -2.37. The Morgan fingerprint density at radius 3 is 1.82 bits per heavy atom. The molecule has 0 atom stereocenters. The third-order valence-electron chi connectivity index (χ3n) is 5.04. The van der Waals surface area contributed by atoms with E-state index >= 15 is 0 Å². The van der Waals surface area contributed by atoms with Crippen LogP contribution in [0.25, 0.3) is 0 Å². The molecule has 0 saturated heterocycles. The number of esters is 1. The van der Waals surface area contributed by atoms with Gasteiger partial charge < -0.3 is 14.6 Å². The third kappa shape index (κ3) is 9.67. The molecule has 12 heteroatoms. The number of aliphatic hydroxyl groups is 1. The van der Waals surface area contributed by atoms with E-state index in [4.69, 9.17) is 9.84 Å². The molecule has 0 bridgehead atoms. The average molecular weight is 514 g/mol. The van der Waals surface area contributed by atoms with Gasteiger partial charge in [0.2, 0.25) is 0 Å². The summed E-state index contributed by atoms with van der Waals surface area (Å²) < 4.78 is 121. The van der Waals surface area contributed by atoms with Crippen LogP contribution < -0.4 is 0 Å². The molecule has 0 unspecified atom stereocenters. The van der Waals surface area contributed by atoms with Gasteiger partial charge in [-0.2, -0.15) is 35.1 Å². The first-order chi connectivity index (χ1) is 15.7. The zero-order chi connectivity index (χ0) is 26.5. The molecule has 34 heavy (non-hydrogen) atoms. The first-order valence-electron chi connectivity index (χ1n) is 11.2. The fourth-order valence-corrected chi connectivity index (χ4v) is 2.86. The lowest BCUT2D eigenvalue weighted by molar-refractivity contribution is -0.368. The predicted molar refractivity (Wildman–Crippen MR) is 110 cm³/mol. The molecule has 202 valence electrons. The molecular weight excluding hydrogens is 480 g/mol. The van der Waals surface area contributed by atoms with Crippen LogP contribution in [0.2, 0.25) is 0 Å². The molecule has 0 rings (SSSR count). The molecule has 0 aromatic carbocycles. The molecule has 0 aliphatic heterocycles. The molecule has 0 radical (unpaired) electrons. The lowest BCUT2D eigenvalue weighted by Crippen LogP contribution is -2.62. The Hall–Kier alpha value is -1.43. The van der Waals surface area contributed by atoms with Crippen molar-refractivity contribution in [3.63, 3.8) is 0 Å². The molecule has 0 fully saturated rings. The van der Waals surface area contributed by atoms with Gasteiger partial charge in [-0.25, -0.2) is 4.79 Å². The van der Waals surface area contributed by atoms with Crippen molar-refractivity contribution in [2.24, 2.45) is 0 Å². The van der Waals surface area contributed by atoms with Crippen molar-refractivity contribution in [2.75, 3.05) is 26.4 Å². The average Bonchev–Trinajstić information content (AvgIpc) is 2.75. The van der Waals surface area contributed by atoms with Crippen LogP contribution in [0.15, 0.2) is 12.2 Å². The predicted octanol–water partition coefficient (Wildman–Crippen LogP) is 6.56. The molecule has 0 aromatic rings. The van der Waals surface area contributed by atoms with Crippen molar-refractivity contribution in [1.82, 2.24) is 0 Å². The van der Waals surface area contributed by atoms with Gasteiger partial charge in [-0.05, 0) is 25.7 Å². The van der Waals surface area contributed by atoms with Crippen LogP contribution in [0.1, 0.15) is 71.1 Å². The highest BCUT2D eigenvalue weighted by Crippen LogP contribution is 2.55. The monoisotopic (exact) mass is 514 g/mol. The summed E-state index contributed by atoms with van der Waals surface area (Å²) in [5.74, 6) is -24.5. The molecule has 0 saturated carbocycles. The minimum absolute atomic E-state index is 0.0430. The topological polar surface area (TPSA) is 55.8 Å². The Balaban J connectivity index is 4.71. The van der Waals surface area contributed by atoms with Gasteiger partial charge in [0.05, 0.1) is 18.8 Å². The maximum absolute atomic E-state index is 13.9. The molecule has 4 nitrogen and oxygen atoms in total. The first kappa shape index (κ1) is 32.6. The summed E-state index contributed by atoms with van der Waals surface area (Å²) in [6.45, 7) is 4.21. The van der Waals surface area contributed by atoms with Crippen molar-refractivity contribution in [2.45, 2.75) is 94.8 Å². The van der Waals surface area contributed by atoms with Crippen LogP contribution in [-0.4, -0.2) is 61.2 Å². The van der Waals surface area contributed by atoms with E-state index in [2.05, 4.69) is 11.3 Å². The molecule has 1 N–H and O–H groups in total. The summed E-state index contributed by atoms with van der Waals surface area (Å²) in [6.07, 6.45) is -2.14. The smallest absolute Gasteiger partial charge is 0.378 e. The van der Waals surface area contributed by atoms with E-state index in [1.807, 2.05) is 6.92 Å². The van der Waals surface area contributed by atoms with E-state index in [1.54, 1.807) is 0 Å². The summed E-state index contributed by atoms with van der Waals surface area (Å²) in [6, 6.07) is 0. The summed E-state index contributed by atoms with van der Waals surface area (Å²) in [7, 11) is 0. The summed E-state index contributed by atoms with van der Waals surface area (Å²) >= 11 is 0. The number of hydrogen-bond acceptors (Lipinski definition) is 4. The number of hydrogen-bond donors (Lipinski definition) is 1. The lowest BCUT2D eigenvalue weighted by atomic mass is 9.92. The Morgan fingerprint density at radius 2 is 1.29 bits per heavy atom. The minimum Gasteiger partial charge on any atom is -0.462 e. The molecule has 0 aromatic heterocycles. The normalized spacial score (nSPS) is 13.2. The molecule has 0 spiro atoms. The van der Waals surface area contributed by atoms with Gasteiger partial charge in [-0.3, -0.25) is 0 Å². The number of alkyl halides is 8. The van der Waals surface area contributed by atoms with E-state index < -0.39 is 61.9 Å². The number of carbonyl (C=O) groups excluding carboxylic acids is 1. The van der Waals surface area contributed by atoms with Crippen molar-refractivity contribution in [1.29, 1.82) is 0 Å². The zero-order valence-corrected chi connectivity index (χ0v) is 19.3. The third-order valence-corrected chi connectivity index (χ3v) is 5.04. The molecule has 0 aliphatic rings. The zero-order valence-electron chi connectivity index (χ0n) is 19.3. The highest BCUT2D eigenvalue weighted by Gasteiger charge is 2.79. The standard InChI is InChI=1S/C22H34F8O4/c1-3-4-5-6-7-11-19(23,24)21(27,28)22(29,30)20(25,26)12-10-15-34-18(32)17(2)16-33-14-9-8-13-31/h31H,2-16H2,1H3. The highest BCUT2D eigenvalue weighted by molar-refractivity contribution is 5.87. The van der Waals surface area contributed by atoms with E-state index in [9.17, 15) is 39.9 Å². The number of aliphatic hydroxyl groups excluding tert-OH is 1. The van der Waals surface area contributed by atoms with Crippen LogP contribution in [0.4, 0.5) is 35.1 Å². The Kier molecular flexibility index (Phi) is 14.2. The van der Waals surface area contributed by atoms with Gasteiger partial charge >= 0.3 is 29.7 Å². The number of unbranched alkanes of at least 4 members (excludes halogenated alkanes) is 5. The van der Waals surface area contributed by atoms with E-state index in [1.165, 1.54) is 0 Å². The summed E-state index contributed by atoms with van der Waals surface area (Å²) in [4.78, 5) is 11.6. The maximum atomic E-state index is 13.9. The largest absolute Gasteiger partial charge is 0.462 e. The number of ether oxygens (including phenoxy) is 2. The van der Waals surface area contributed by atoms with E-state index in [-0.39, 0.29) is 31.8 Å². The van der Waals surface area contributed by atoms with Gasteiger partial charge in [0.15, 0.2) is 0 Å². The van der Waals surface area contributed by atoms with Crippen LogP contribution in [-0.2, 0) is 14.3 Å². The van der Waals surface area contributed by atoms with Gasteiger partial charge in [0, 0.05) is 26.1 Å². The minimum atomic E-state index is -6.32. The second-order valence-electron chi connectivity index (χ2n) is 8.05. The van der Waals surface area contributed by atoms with Crippen molar-refractivity contribution < 1.29 is 54.5 Å². The summed E-state index contributed by atoms with van der Waals surface area (Å²) in [5.41, 5.74) is -0.203. The summed E-state index contributed by atoms with van der Waals surface area (Å²) in [5, 5.41) is 8.61. The highest BCUT2D eigenvalue weighted by atomic mass is 19.4. The van der Waals surface area contributed by atoms with Crippen LogP contribution >= 0.6 is 0 Å². The Bertz CT molecular complexity index is 612. The van der Waals surface area contributed by atoms with Crippen LogP contribution in [0, 0.1) is 0 Å². The Labute approximate surface area is 194 Å². The number of halogens is 8. The molecule has 0 aliphatic carbocycles. The maximum Gasteiger partial charge on any atom is 0.378 e. The van der Waals surface area contributed by atoms with Gasteiger partial charge in [-0.1, -0.05) is 39.2 Å². The first-order valence-corrected chi connectivity index (χ1v) is 11.2. The van der Waals surface area contributed by atoms with E-state index in [0.717, 1.165) is 6.42 Å². The fraction of sp³-hybridized carbons (Fsp3) is 0.864. The SMILES string of the molecule is C=C(COCCCCO)C(=O)OCCCC(F)(F)C(F)(F)C(F)(F)C(F)(F)CCCCCCC. The molecule has 0 heterocycles. The Morgan fingerprint density at radius 1 is 0.765 bits per heavy atom. The van der Waals surface area contributed by atoms with Crippen LogP contribution in [0.3, 0.4) is 0 Å². The van der Waals surface area contributed by atoms with Gasteiger partial charge in [0.1, 0.15) is 0 Å². The second kappa shape index (κ2) is 14.9. The van der Waals surface area contributed by atoms with Crippen molar-refractivity contribution >= 4 is 5.97 Å². The fourth-order valence-electron chi connectivity index (χ4n) is 2.86. The number of rotatable bonds is 20. The van der Waals surface area contributed by atoms with Crippen molar-refractivity contribution in [3.05, 3.63) is 12.2 Å². The second-order valence-corrected chi connectivity index (χ2v) is 8.05. The quantitative estimate of drug-likeness (QED) is 0.0866.